The van der Waals surface area contributed by atoms with Gasteiger partial charge in [0.2, 0.25) is 5.91 Å². The molecule has 0 atom stereocenters. The molecule has 0 aromatic rings. The number of hydrogen-bond acceptors (Lipinski definition) is 2. The molecule has 0 unspecified atom stereocenters. The highest BCUT2D eigenvalue weighted by molar-refractivity contribution is 6.02. The lowest BCUT2D eigenvalue weighted by Gasteiger charge is -2.39. The highest BCUT2D eigenvalue weighted by atomic mass is 16.4. The molecule has 0 bridgehead atoms. The van der Waals surface area contributed by atoms with Crippen LogP contribution in [0.1, 0.15) is 19.3 Å². The Hall–Kier alpha value is -1.58. The summed E-state index contributed by atoms with van der Waals surface area (Å²) < 4.78 is 0. The fourth-order valence-corrected chi connectivity index (χ4v) is 1.90. The fourth-order valence-electron chi connectivity index (χ4n) is 1.90. The number of carbonyl (C=O) groups excluding carboxylic acids is 1. The lowest BCUT2D eigenvalue weighted by molar-refractivity contribution is -0.166. The van der Waals surface area contributed by atoms with Crippen molar-refractivity contribution in [1.29, 1.82) is 0 Å². The SMILES string of the molecule is C=CCN(CC=C)C(=O)C1(C(=O)O)CCC1. The standard InChI is InChI=1S/C12H17NO3/c1-3-8-13(9-4-2)10(14)12(11(15)16)6-5-7-12/h3-4H,1-2,5-9H2,(H,15,16). The van der Waals surface area contributed by atoms with Crippen molar-refractivity contribution in [3.05, 3.63) is 25.3 Å². The number of carboxylic acids is 1. The molecule has 1 saturated carbocycles. The van der Waals surface area contributed by atoms with Crippen molar-refractivity contribution in [2.45, 2.75) is 19.3 Å². The highest BCUT2D eigenvalue weighted by Gasteiger charge is 2.52. The summed E-state index contributed by atoms with van der Waals surface area (Å²) in [4.78, 5) is 24.8. The Morgan fingerprint density at radius 1 is 1.25 bits per heavy atom. The number of amides is 1. The Labute approximate surface area is 95.2 Å². The minimum Gasteiger partial charge on any atom is -0.480 e. The summed E-state index contributed by atoms with van der Waals surface area (Å²) in [6.45, 7) is 7.84. The first-order valence-corrected chi connectivity index (χ1v) is 5.33. The zero-order valence-electron chi connectivity index (χ0n) is 9.32. The van der Waals surface area contributed by atoms with Crippen molar-refractivity contribution in [2.24, 2.45) is 5.41 Å². The smallest absolute Gasteiger partial charge is 0.319 e. The van der Waals surface area contributed by atoms with Gasteiger partial charge in [-0.2, -0.15) is 0 Å². The first-order chi connectivity index (χ1) is 7.58. The summed E-state index contributed by atoms with van der Waals surface area (Å²) >= 11 is 0. The largest absolute Gasteiger partial charge is 0.480 e. The van der Waals surface area contributed by atoms with Gasteiger partial charge in [0.15, 0.2) is 0 Å². The summed E-state index contributed by atoms with van der Waals surface area (Å²) in [5.74, 6) is -1.33. The van der Waals surface area contributed by atoms with Gasteiger partial charge in [-0.3, -0.25) is 9.59 Å². The average Bonchev–Trinajstić information content (AvgIpc) is 2.14. The minimum atomic E-state index is -1.19. The molecule has 1 N–H and O–H groups in total. The number of hydrogen-bond donors (Lipinski definition) is 1. The third-order valence-corrected chi connectivity index (χ3v) is 3.01. The topological polar surface area (TPSA) is 57.6 Å². The van der Waals surface area contributed by atoms with Gasteiger partial charge in [-0.05, 0) is 12.8 Å². The molecule has 0 heterocycles. The molecule has 1 aliphatic carbocycles. The van der Waals surface area contributed by atoms with Crippen LogP contribution >= 0.6 is 0 Å². The van der Waals surface area contributed by atoms with Crippen molar-refractivity contribution in [1.82, 2.24) is 4.90 Å². The van der Waals surface area contributed by atoms with E-state index in [2.05, 4.69) is 13.2 Å². The van der Waals surface area contributed by atoms with E-state index in [1.165, 1.54) is 4.90 Å². The van der Waals surface area contributed by atoms with Gasteiger partial charge in [0.25, 0.3) is 0 Å². The summed E-state index contributed by atoms with van der Waals surface area (Å²) in [6, 6.07) is 0. The predicted octanol–water partition coefficient (Wildman–Crippen LogP) is 1.44. The number of carboxylic acid groups (broad SMARTS) is 1. The molecule has 0 aliphatic heterocycles. The third kappa shape index (κ3) is 2.01. The molecular weight excluding hydrogens is 206 g/mol. The van der Waals surface area contributed by atoms with Gasteiger partial charge in [-0.15, -0.1) is 13.2 Å². The van der Waals surface area contributed by atoms with Gasteiger partial charge >= 0.3 is 5.97 Å². The molecule has 0 aromatic heterocycles. The normalized spacial score (nSPS) is 17.0. The molecule has 1 rings (SSSR count). The van der Waals surface area contributed by atoms with E-state index in [1.807, 2.05) is 0 Å². The molecule has 0 spiro atoms. The first kappa shape index (κ1) is 12.5. The van der Waals surface area contributed by atoms with E-state index in [9.17, 15) is 9.59 Å². The average molecular weight is 223 g/mol. The minimum absolute atomic E-state index is 0.314. The van der Waals surface area contributed by atoms with Crippen molar-refractivity contribution in [2.75, 3.05) is 13.1 Å². The molecule has 1 aliphatic rings. The number of rotatable bonds is 6. The van der Waals surface area contributed by atoms with Crippen LogP contribution in [0, 0.1) is 5.41 Å². The second-order valence-electron chi connectivity index (χ2n) is 4.03. The zero-order valence-corrected chi connectivity index (χ0v) is 9.32. The lowest BCUT2D eigenvalue weighted by atomic mass is 9.67. The Balaban J connectivity index is 2.83. The van der Waals surface area contributed by atoms with Gasteiger partial charge in [0, 0.05) is 13.1 Å². The van der Waals surface area contributed by atoms with E-state index in [4.69, 9.17) is 5.11 Å². The maximum absolute atomic E-state index is 12.1. The summed E-state index contributed by atoms with van der Waals surface area (Å²) in [7, 11) is 0. The summed E-state index contributed by atoms with van der Waals surface area (Å²) in [5.41, 5.74) is -1.19. The highest BCUT2D eigenvalue weighted by Crippen LogP contribution is 2.42. The molecule has 0 saturated heterocycles. The molecule has 16 heavy (non-hydrogen) atoms. The van der Waals surface area contributed by atoms with Crippen LogP contribution < -0.4 is 0 Å². The Kier molecular flexibility index (Phi) is 3.88. The molecule has 4 nitrogen and oxygen atoms in total. The Morgan fingerprint density at radius 2 is 1.75 bits per heavy atom. The molecule has 1 amide bonds. The van der Waals surface area contributed by atoms with Gasteiger partial charge < -0.3 is 10.0 Å². The van der Waals surface area contributed by atoms with Gasteiger partial charge in [-0.25, -0.2) is 0 Å². The van der Waals surface area contributed by atoms with Crippen molar-refractivity contribution < 1.29 is 14.7 Å². The molecule has 4 heteroatoms. The quantitative estimate of drug-likeness (QED) is 0.547. The van der Waals surface area contributed by atoms with Crippen LogP contribution in [0.4, 0.5) is 0 Å². The van der Waals surface area contributed by atoms with Crippen LogP contribution in [0.25, 0.3) is 0 Å². The predicted molar refractivity (Wildman–Crippen MR) is 60.9 cm³/mol. The number of carbonyl (C=O) groups is 2. The number of nitrogens with zero attached hydrogens (tertiary/aromatic N) is 1. The van der Waals surface area contributed by atoms with E-state index in [0.29, 0.717) is 25.9 Å². The third-order valence-electron chi connectivity index (χ3n) is 3.01. The van der Waals surface area contributed by atoms with Gasteiger partial charge in [0.05, 0.1) is 0 Å². The zero-order chi connectivity index (χ0) is 12.2. The van der Waals surface area contributed by atoms with E-state index >= 15 is 0 Å². The summed E-state index contributed by atoms with van der Waals surface area (Å²) in [5, 5.41) is 9.14. The lowest BCUT2D eigenvalue weighted by Crippen LogP contribution is -2.52. The molecular formula is C12H17NO3. The second-order valence-corrected chi connectivity index (χ2v) is 4.03. The van der Waals surface area contributed by atoms with Crippen LogP contribution in [-0.4, -0.2) is 35.0 Å². The Bertz CT molecular complexity index is 308. The van der Waals surface area contributed by atoms with Crippen molar-refractivity contribution in [3.63, 3.8) is 0 Å². The van der Waals surface area contributed by atoms with Crippen molar-refractivity contribution >= 4 is 11.9 Å². The van der Waals surface area contributed by atoms with Crippen LogP contribution in [0.15, 0.2) is 25.3 Å². The van der Waals surface area contributed by atoms with E-state index in [-0.39, 0.29) is 5.91 Å². The molecule has 88 valence electrons. The first-order valence-electron chi connectivity index (χ1n) is 5.33. The fraction of sp³-hybridized carbons (Fsp3) is 0.500. The molecule has 0 aromatic carbocycles. The monoisotopic (exact) mass is 223 g/mol. The maximum atomic E-state index is 12.1. The van der Waals surface area contributed by atoms with Crippen molar-refractivity contribution in [3.8, 4) is 0 Å². The van der Waals surface area contributed by atoms with Crippen LogP contribution in [0.5, 0.6) is 0 Å². The van der Waals surface area contributed by atoms with Crippen LogP contribution in [0.3, 0.4) is 0 Å². The van der Waals surface area contributed by atoms with E-state index in [1.54, 1.807) is 12.2 Å². The Morgan fingerprint density at radius 3 is 2.00 bits per heavy atom. The number of aliphatic carboxylic acids is 1. The second kappa shape index (κ2) is 4.96. The van der Waals surface area contributed by atoms with E-state index < -0.39 is 11.4 Å². The molecule has 1 fully saturated rings. The van der Waals surface area contributed by atoms with E-state index in [0.717, 1.165) is 6.42 Å². The van der Waals surface area contributed by atoms with Gasteiger partial charge in [0.1, 0.15) is 5.41 Å². The van der Waals surface area contributed by atoms with Crippen LogP contribution in [0.2, 0.25) is 0 Å². The van der Waals surface area contributed by atoms with Crippen LogP contribution in [-0.2, 0) is 9.59 Å². The summed E-state index contributed by atoms with van der Waals surface area (Å²) in [6.07, 6.45) is 4.86. The van der Waals surface area contributed by atoms with Gasteiger partial charge in [-0.1, -0.05) is 18.6 Å². The maximum Gasteiger partial charge on any atom is 0.319 e. The molecule has 0 radical (unpaired) electrons.